The maximum atomic E-state index is 11.2. The molecule has 6 heteroatoms. The van der Waals surface area contributed by atoms with Gasteiger partial charge in [0.1, 0.15) is 6.73 Å². The summed E-state index contributed by atoms with van der Waals surface area (Å²) in [6.07, 6.45) is 0. The molecule has 1 aromatic carbocycles. The molecule has 2 heterocycles. The predicted octanol–water partition coefficient (Wildman–Crippen LogP) is 2.06. The van der Waals surface area contributed by atoms with Crippen LogP contribution in [0.4, 0.5) is 0 Å². The van der Waals surface area contributed by atoms with Crippen molar-refractivity contribution in [3.8, 4) is 0 Å². The van der Waals surface area contributed by atoms with Crippen LogP contribution >= 0.6 is 10.7 Å². The Labute approximate surface area is 96.8 Å². The zero-order chi connectivity index (χ0) is 11.3. The highest BCUT2D eigenvalue weighted by molar-refractivity contribution is 8.13. The number of fused-ring (bicyclic) bond motifs is 3. The van der Waals surface area contributed by atoms with Gasteiger partial charge in [0.25, 0.3) is 9.05 Å². The SMILES string of the molecule is O=S(=O)(Cl)c1ccc2c(c1)cc1n2COC1. The van der Waals surface area contributed by atoms with Crippen molar-refractivity contribution in [2.75, 3.05) is 0 Å². The van der Waals surface area contributed by atoms with Gasteiger partial charge in [-0.05, 0) is 24.3 Å². The molecular formula is C10H8ClNO3S. The molecule has 3 rings (SSSR count). The minimum Gasteiger partial charge on any atom is -0.355 e. The topological polar surface area (TPSA) is 48.3 Å². The highest BCUT2D eigenvalue weighted by Crippen LogP contribution is 2.27. The average molecular weight is 258 g/mol. The fourth-order valence-corrected chi connectivity index (χ4v) is 2.76. The Kier molecular flexibility index (Phi) is 2.04. The van der Waals surface area contributed by atoms with E-state index in [1.165, 1.54) is 6.07 Å². The molecule has 0 amide bonds. The number of hydrogen-bond donors (Lipinski definition) is 0. The van der Waals surface area contributed by atoms with Gasteiger partial charge < -0.3 is 9.30 Å². The predicted molar refractivity (Wildman–Crippen MR) is 59.8 cm³/mol. The molecule has 0 saturated carbocycles. The molecule has 1 aliphatic heterocycles. The molecule has 0 aliphatic carbocycles. The molecule has 0 radical (unpaired) electrons. The van der Waals surface area contributed by atoms with Gasteiger partial charge >= 0.3 is 0 Å². The molecule has 1 aliphatic rings. The van der Waals surface area contributed by atoms with Crippen molar-refractivity contribution in [3.05, 3.63) is 30.0 Å². The largest absolute Gasteiger partial charge is 0.355 e. The Hall–Kier alpha value is -1.04. The van der Waals surface area contributed by atoms with Gasteiger partial charge in [0.2, 0.25) is 0 Å². The lowest BCUT2D eigenvalue weighted by Crippen LogP contribution is -1.93. The molecule has 0 atom stereocenters. The normalized spacial score (nSPS) is 15.6. The van der Waals surface area contributed by atoms with E-state index in [0.29, 0.717) is 13.3 Å². The van der Waals surface area contributed by atoms with Crippen molar-refractivity contribution < 1.29 is 13.2 Å². The van der Waals surface area contributed by atoms with Gasteiger partial charge in [0.15, 0.2) is 0 Å². The van der Waals surface area contributed by atoms with E-state index < -0.39 is 9.05 Å². The van der Waals surface area contributed by atoms with Gasteiger partial charge in [0, 0.05) is 21.8 Å². The first-order valence-electron chi connectivity index (χ1n) is 4.70. The van der Waals surface area contributed by atoms with Gasteiger partial charge in [-0.25, -0.2) is 8.42 Å². The van der Waals surface area contributed by atoms with E-state index in [9.17, 15) is 8.42 Å². The van der Waals surface area contributed by atoms with Crippen LogP contribution in [0.1, 0.15) is 5.69 Å². The number of rotatable bonds is 1. The summed E-state index contributed by atoms with van der Waals surface area (Å²) in [5, 5.41) is 0.875. The standard InChI is InChI=1S/C10H8ClNO3S/c11-16(13,14)9-1-2-10-7(4-9)3-8-5-15-6-12(8)10/h1-4H,5-6H2. The molecule has 0 spiro atoms. The van der Waals surface area contributed by atoms with Crippen LogP contribution in [0.15, 0.2) is 29.2 Å². The van der Waals surface area contributed by atoms with Gasteiger partial charge in [-0.15, -0.1) is 0 Å². The highest BCUT2D eigenvalue weighted by Gasteiger charge is 2.17. The Balaban J connectivity index is 2.28. The van der Waals surface area contributed by atoms with Gasteiger partial charge in [-0.1, -0.05) is 0 Å². The van der Waals surface area contributed by atoms with E-state index in [-0.39, 0.29) is 4.90 Å². The maximum absolute atomic E-state index is 11.2. The first kappa shape index (κ1) is 10.1. The van der Waals surface area contributed by atoms with Crippen LogP contribution in [-0.4, -0.2) is 13.0 Å². The minimum atomic E-state index is -3.65. The number of ether oxygens (including phenoxy) is 1. The van der Waals surface area contributed by atoms with Crippen LogP contribution in [0.2, 0.25) is 0 Å². The second-order valence-corrected chi connectivity index (χ2v) is 6.27. The van der Waals surface area contributed by atoms with Crippen molar-refractivity contribution in [2.45, 2.75) is 18.2 Å². The van der Waals surface area contributed by atoms with E-state index in [2.05, 4.69) is 0 Å². The van der Waals surface area contributed by atoms with Crippen LogP contribution in [0.25, 0.3) is 10.9 Å². The Morgan fingerprint density at radius 1 is 1.31 bits per heavy atom. The Morgan fingerprint density at radius 2 is 2.12 bits per heavy atom. The first-order chi connectivity index (χ1) is 7.55. The zero-order valence-corrected chi connectivity index (χ0v) is 9.75. The van der Waals surface area contributed by atoms with E-state index in [4.69, 9.17) is 15.4 Å². The third-order valence-corrected chi connectivity index (χ3v) is 4.06. The summed E-state index contributed by atoms with van der Waals surface area (Å²) >= 11 is 0. The molecule has 0 unspecified atom stereocenters. The molecule has 4 nitrogen and oxygen atoms in total. The van der Waals surface area contributed by atoms with Gasteiger partial charge in [0.05, 0.1) is 17.0 Å². The van der Waals surface area contributed by atoms with E-state index in [1.54, 1.807) is 12.1 Å². The molecule has 84 valence electrons. The quantitative estimate of drug-likeness (QED) is 0.735. The molecule has 0 bridgehead atoms. The van der Waals surface area contributed by atoms with Gasteiger partial charge in [-0.3, -0.25) is 0 Å². The minimum absolute atomic E-state index is 0.131. The zero-order valence-electron chi connectivity index (χ0n) is 8.18. The first-order valence-corrected chi connectivity index (χ1v) is 7.01. The second kappa shape index (κ2) is 3.23. The van der Waals surface area contributed by atoms with Crippen LogP contribution < -0.4 is 0 Å². The van der Waals surface area contributed by atoms with Crippen LogP contribution in [0.3, 0.4) is 0 Å². The summed E-state index contributed by atoms with van der Waals surface area (Å²) in [6.45, 7) is 1.09. The average Bonchev–Trinajstić information content (AvgIpc) is 2.74. The molecule has 1 aromatic heterocycles. The third-order valence-electron chi connectivity index (χ3n) is 2.71. The Morgan fingerprint density at radius 3 is 2.88 bits per heavy atom. The third kappa shape index (κ3) is 1.43. The van der Waals surface area contributed by atoms with E-state index in [1.807, 2.05) is 10.6 Å². The summed E-state index contributed by atoms with van der Waals surface area (Å²) in [4.78, 5) is 0.131. The molecular weight excluding hydrogens is 250 g/mol. The van der Waals surface area contributed by atoms with Gasteiger partial charge in [-0.2, -0.15) is 0 Å². The smallest absolute Gasteiger partial charge is 0.261 e. The summed E-state index contributed by atoms with van der Waals surface area (Å²) in [5.41, 5.74) is 2.02. The van der Waals surface area contributed by atoms with Crippen molar-refractivity contribution in [1.82, 2.24) is 4.57 Å². The lowest BCUT2D eigenvalue weighted by Gasteiger charge is -2.00. The monoisotopic (exact) mass is 257 g/mol. The molecule has 0 saturated heterocycles. The summed E-state index contributed by atoms with van der Waals surface area (Å²) < 4.78 is 29.7. The number of aromatic nitrogens is 1. The van der Waals surface area contributed by atoms with Crippen molar-refractivity contribution in [3.63, 3.8) is 0 Å². The second-order valence-electron chi connectivity index (χ2n) is 3.70. The lowest BCUT2D eigenvalue weighted by molar-refractivity contribution is 0.110. The molecule has 2 aromatic rings. The number of nitrogens with zero attached hydrogens (tertiary/aromatic N) is 1. The highest BCUT2D eigenvalue weighted by atomic mass is 35.7. The Bertz CT molecular complexity index is 675. The van der Waals surface area contributed by atoms with E-state index >= 15 is 0 Å². The number of benzene rings is 1. The van der Waals surface area contributed by atoms with Crippen LogP contribution in [0, 0.1) is 0 Å². The summed E-state index contributed by atoms with van der Waals surface area (Å²) in [7, 11) is 1.64. The fourth-order valence-electron chi connectivity index (χ4n) is 1.97. The molecule has 16 heavy (non-hydrogen) atoms. The molecule has 0 fully saturated rings. The van der Waals surface area contributed by atoms with Crippen LogP contribution in [-0.2, 0) is 27.1 Å². The maximum Gasteiger partial charge on any atom is 0.261 e. The fraction of sp³-hybridized carbons (Fsp3) is 0.200. The van der Waals surface area contributed by atoms with Crippen molar-refractivity contribution >= 4 is 30.6 Å². The summed E-state index contributed by atoms with van der Waals surface area (Å²) in [5.74, 6) is 0. The number of halogens is 1. The van der Waals surface area contributed by atoms with E-state index in [0.717, 1.165) is 16.6 Å². The van der Waals surface area contributed by atoms with Crippen LogP contribution in [0.5, 0.6) is 0 Å². The lowest BCUT2D eigenvalue weighted by atomic mass is 10.2. The summed E-state index contributed by atoms with van der Waals surface area (Å²) in [6, 6.07) is 6.77. The van der Waals surface area contributed by atoms with Crippen molar-refractivity contribution in [2.24, 2.45) is 0 Å². The van der Waals surface area contributed by atoms with Crippen molar-refractivity contribution in [1.29, 1.82) is 0 Å². The molecule has 0 N–H and O–H groups in total. The number of hydrogen-bond acceptors (Lipinski definition) is 3.